The number of alkyl halides is 1. The van der Waals surface area contributed by atoms with Gasteiger partial charge < -0.3 is 10.0 Å². The fourth-order valence-corrected chi connectivity index (χ4v) is 1.58. The molecular weight excluding hydrogens is 166 g/mol. The van der Waals surface area contributed by atoms with Crippen molar-refractivity contribution in [3.63, 3.8) is 0 Å². The van der Waals surface area contributed by atoms with Gasteiger partial charge in [0.1, 0.15) is 5.88 Å². The summed E-state index contributed by atoms with van der Waals surface area (Å²) in [6, 6.07) is 0.135. The highest BCUT2D eigenvalue weighted by atomic mass is 35.5. The molecule has 1 N–H and O–H groups in total. The van der Waals surface area contributed by atoms with Gasteiger partial charge in [-0.1, -0.05) is 0 Å². The van der Waals surface area contributed by atoms with Gasteiger partial charge in [0.15, 0.2) is 0 Å². The van der Waals surface area contributed by atoms with Gasteiger partial charge in [-0.25, -0.2) is 0 Å². The number of likely N-dealkylation sites (tertiary alicyclic amines) is 1. The first-order chi connectivity index (χ1) is 5.15. The molecule has 1 fully saturated rings. The first-order valence-corrected chi connectivity index (χ1v) is 4.22. The van der Waals surface area contributed by atoms with E-state index in [0.29, 0.717) is 13.0 Å². The van der Waals surface area contributed by atoms with Gasteiger partial charge in [-0.05, 0) is 13.3 Å². The molecule has 0 aromatic heterocycles. The molecule has 0 unspecified atom stereocenters. The molecule has 0 aromatic carbocycles. The summed E-state index contributed by atoms with van der Waals surface area (Å²) in [6.45, 7) is 2.35. The number of halogens is 1. The average molecular weight is 178 g/mol. The average Bonchev–Trinajstić information content (AvgIpc) is 2.28. The lowest BCUT2D eigenvalue weighted by molar-refractivity contribution is -0.129. The Kier molecular flexibility index (Phi) is 2.73. The number of hydrogen-bond acceptors (Lipinski definition) is 2. The van der Waals surface area contributed by atoms with Gasteiger partial charge in [-0.3, -0.25) is 4.79 Å². The third kappa shape index (κ3) is 1.84. The van der Waals surface area contributed by atoms with Gasteiger partial charge >= 0.3 is 0 Å². The van der Waals surface area contributed by atoms with Crippen LogP contribution < -0.4 is 0 Å². The van der Waals surface area contributed by atoms with Crippen molar-refractivity contribution >= 4 is 17.5 Å². The summed E-state index contributed by atoms with van der Waals surface area (Å²) in [6.07, 6.45) is 0.306. The number of aliphatic hydroxyl groups is 1. The molecule has 3 nitrogen and oxygen atoms in total. The molecule has 1 aliphatic heterocycles. The van der Waals surface area contributed by atoms with Gasteiger partial charge in [0, 0.05) is 12.6 Å². The molecule has 1 heterocycles. The van der Waals surface area contributed by atoms with Crippen molar-refractivity contribution in [3.05, 3.63) is 0 Å². The Hall–Kier alpha value is -0.280. The number of β-amino-alcohol motifs (C(OH)–C–C–N with tert-alkyl or cyclic N) is 1. The third-order valence-electron chi connectivity index (χ3n) is 1.99. The van der Waals surface area contributed by atoms with E-state index in [4.69, 9.17) is 11.6 Å². The predicted octanol–water partition coefficient (Wildman–Crippen LogP) is 0.207. The molecule has 64 valence electrons. The summed E-state index contributed by atoms with van der Waals surface area (Å²) in [7, 11) is 0. The summed E-state index contributed by atoms with van der Waals surface area (Å²) in [5.74, 6) is -0.0763. The van der Waals surface area contributed by atoms with E-state index in [1.165, 1.54) is 0 Å². The summed E-state index contributed by atoms with van der Waals surface area (Å²) in [5, 5.41) is 9.18. The van der Waals surface area contributed by atoms with Gasteiger partial charge in [0.2, 0.25) is 5.91 Å². The molecule has 4 heteroatoms. The fourth-order valence-electron chi connectivity index (χ4n) is 1.43. The first kappa shape index (κ1) is 8.81. The van der Waals surface area contributed by atoms with Gasteiger partial charge in [0.05, 0.1) is 6.10 Å². The Morgan fingerprint density at radius 1 is 1.82 bits per heavy atom. The van der Waals surface area contributed by atoms with Crippen LogP contribution in [-0.2, 0) is 4.79 Å². The molecule has 1 saturated heterocycles. The number of rotatable bonds is 1. The lowest BCUT2D eigenvalue weighted by Gasteiger charge is -2.19. The topological polar surface area (TPSA) is 40.5 Å². The minimum Gasteiger partial charge on any atom is -0.391 e. The second kappa shape index (κ2) is 3.41. The van der Waals surface area contributed by atoms with E-state index in [9.17, 15) is 9.90 Å². The molecule has 0 aliphatic carbocycles. The molecule has 0 spiro atoms. The van der Waals surface area contributed by atoms with E-state index < -0.39 is 0 Å². The van der Waals surface area contributed by atoms with Crippen LogP contribution in [0, 0.1) is 0 Å². The highest BCUT2D eigenvalue weighted by Crippen LogP contribution is 2.17. The molecule has 0 aromatic rings. The fraction of sp³-hybridized carbons (Fsp3) is 0.857. The molecule has 1 amide bonds. The molecular formula is C7H12ClNO2. The number of carbonyl (C=O) groups excluding carboxylic acids is 1. The summed E-state index contributed by atoms with van der Waals surface area (Å²) < 4.78 is 0. The Morgan fingerprint density at radius 3 is 2.82 bits per heavy atom. The number of hydrogen-bond donors (Lipinski definition) is 1. The van der Waals surface area contributed by atoms with Crippen LogP contribution in [0.5, 0.6) is 0 Å². The molecule has 0 bridgehead atoms. The first-order valence-electron chi connectivity index (χ1n) is 3.68. The highest BCUT2D eigenvalue weighted by Gasteiger charge is 2.30. The van der Waals surface area contributed by atoms with Crippen LogP contribution in [0.3, 0.4) is 0 Å². The number of carbonyl (C=O) groups is 1. The SMILES string of the molecule is C[C@@H]1C[C@@H](O)CN1C(=O)CCl. The van der Waals surface area contributed by atoms with Crippen molar-refractivity contribution in [1.29, 1.82) is 0 Å². The summed E-state index contributed by atoms with van der Waals surface area (Å²) >= 11 is 5.37. The second-order valence-corrected chi connectivity index (χ2v) is 3.19. The normalized spacial score (nSPS) is 31.0. The van der Waals surface area contributed by atoms with Crippen LogP contribution in [-0.4, -0.2) is 40.5 Å². The molecule has 0 radical (unpaired) electrons. The summed E-state index contributed by atoms with van der Waals surface area (Å²) in [5.41, 5.74) is 0. The maximum absolute atomic E-state index is 11.1. The zero-order chi connectivity index (χ0) is 8.43. The van der Waals surface area contributed by atoms with E-state index >= 15 is 0 Å². The highest BCUT2D eigenvalue weighted by molar-refractivity contribution is 6.27. The number of aliphatic hydroxyl groups excluding tert-OH is 1. The lowest BCUT2D eigenvalue weighted by Crippen LogP contribution is -2.35. The van der Waals surface area contributed by atoms with Crippen molar-refractivity contribution in [2.75, 3.05) is 12.4 Å². The van der Waals surface area contributed by atoms with E-state index in [1.54, 1.807) is 4.90 Å². The van der Waals surface area contributed by atoms with E-state index in [0.717, 1.165) is 0 Å². The van der Waals surface area contributed by atoms with Crippen LogP contribution in [0.15, 0.2) is 0 Å². The van der Waals surface area contributed by atoms with Crippen LogP contribution in [0.25, 0.3) is 0 Å². The maximum atomic E-state index is 11.1. The van der Waals surface area contributed by atoms with Gasteiger partial charge in [-0.15, -0.1) is 11.6 Å². The zero-order valence-corrected chi connectivity index (χ0v) is 7.21. The minimum atomic E-state index is -0.364. The summed E-state index contributed by atoms with van der Waals surface area (Å²) in [4.78, 5) is 12.7. The van der Waals surface area contributed by atoms with Crippen LogP contribution in [0.1, 0.15) is 13.3 Å². The van der Waals surface area contributed by atoms with Crippen LogP contribution in [0.2, 0.25) is 0 Å². The van der Waals surface area contributed by atoms with Crippen molar-refractivity contribution in [2.45, 2.75) is 25.5 Å². The molecule has 2 atom stereocenters. The third-order valence-corrected chi connectivity index (χ3v) is 2.22. The van der Waals surface area contributed by atoms with Crippen molar-refractivity contribution in [1.82, 2.24) is 4.90 Å². The number of nitrogens with zero attached hydrogens (tertiary/aromatic N) is 1. The van der Waals surface area contributed by atoms with E-state index in [-0.39, 0.29) is 23.9 Å². The number of amides is 1. The molecule has 1 aliphatic rings. The minimum absolute atomic E-state index is 0.0110. The Morgan fingerprint density at radius 2 is 2.45 bits per heavy atom. The van der Waals surface area contributed by atoms with Crippen molar-refractivity contribution in [2.24, 2.45) is 0 Å². The van der Waals surface area contributed by atoms with Crippen molar-refractivity contribution < 1.29 is 9.90 Å². The van der Waals surface area contributed by atoms with Gasteiger partial charge in [0.25, 0.3) is 0 Å². The Bertz CT molecular complexity index is 163. The van der Waals surface area contributed by atoms with Crippen molar-refractivity contribution in [3.8, 4) is 0 Å². The monoisotopic (exact) mass is 177 g/mol. The predicted molar refractivity (Wildman–Crippen MR) is 42.5 cm³/mol. The van der Waals surface area contributed by atoms with E-state index in [1.807, 2.05) is 6.92 Å². The quantitative estimate of drug-likeness (QED) is 0.582. The molecule has 1 rings (SSSR count). The smallest absolute Gasteiger partial charge is 0.237 e. The standard InChI is InChI=1S/C7H12ClNO2/c1-5-2-6(10)4-9(5)7(11)3-8/h5-6,10H,2-4H2,1H3/t5-,6-/m1/s1. The Balaban J connectivity index is 2.52. The van der Waals surface area contributed by atoms with Crippen LogP contribution >= 0.6 is 11.6 Å². The molecule has 11 heavy (non-hydrogen) atoms. The second-order valence-electron chi connectivity index (χ2n) is 2.92. The largest absolute Gasteiger partial charge is 0.391 e. The molecule has 0 saturated carbocycles. The van der Waals surface area contributed by atoms with Crippen LogP contribution in [0.4, 0.5) is 0 Å². The Labute approximate surface area is 70.9 Å². The van der Waals surface area contributed by atoms with E-state index in [2.05, 4.69) is 0 Å². The maximum Gasteiger partial charge on any atom is 0.237 e. The van der Waals surface area contributed by atoms with Gasteiger partial charge in [-0.2, -0.15) is 0 Å². The lowest BCUT2D eigenvalue weighted by atomic mass is 10.2. The zero-order valence-electron chi connectivity index (χ0n) is 6.46.